The average molecular weight is 700 g/mol. The van der Waals surface area contributed by atoms with E-state index in [9.17, 15) is 5.26 Å². The summed E-state index contributed by atoms with van der Waals surface area (Å²) >= 11 is 0. The van der Waals surface area contributed by atoms with Gasteiger partial charge in [-0.15, -0.1) is 0 Å². The monoisotopic (exact) mass is 699 g/mol. The van der Waals surface area contributed by atoms with Crippen LogP contribution in [0.15, 0.2) is 176 Å². The quantitative estimate of drug-likeness (QED) is 0.169. The Kier molecular flexibility index (Phi) is 6.61. The molecule has 0 bridgehead atoms. The van der Waals surface area contributed by atoms with Crippen LogP contribution < -0.4 is 0 Å². The molecule has 55 heavy (non-hydrogen) atoms. The van der Waals surface area contributed by atoms with Crippen LogP contribution in [0.25, 0.3) is 98.5 Å². The molecule has 0 amide bonds. The first-order valence-electron chi connectivity index (χ1n) is 18.3. The van der Waals surface area contributed by atoms with Crippen molar-refractivity contribution < 1.29 is 0 Å². The number of para-hydroxylation sites is 5. The van der Waals surface area contributed by atoms with Crippen molar-refractivity contribution in [3.05, 3.63) is 193 Å². The van der Waals surface area contributed by atoms with Gasteiger partial charge < -0.3 is 13.7 Å². The molecule has 5 nitrogen and oxygen atoms in total. The molecule has 8 aromatic carbocycles. The van der Waals surface area contributed by atoms with Gasteiger partial charge in [-0.05, 0) is 66.0 Å². The summed E-state index contributed by atoms with van der Waals surface area (Å²) in [5, 5.41) is 17.9. The van der Waals surface area contributed by atoms with Gasteiger partial charge in [0.2, 0.25) is 0 Å². The lowest BCUT2D eigenvalue weighted by molar-refractivity contribution is 1.16. The van der Waals surface area contributed by atoms with Crippen molar-refractivity contribution in [3.63, 3.8) is 0 Å². The molecule has 0 N–H and O–H groups in total. The molecule has 0 aliphatic carbocycles. The van der Waals surface area contributed by atoms with E-state index >= 15 is 0 Å². The van der Waals surface area contributed by atoms with E-state index < -0.39 is 0 Å². The zero-order valence-electron chi connectivity index (χ0n) is 29.5. The largest absolute Gasteiger partial charge is 0.309 e. The third-order valence-electron chi connectivity index (χ3n) is 11.1. The number of fused-ring (bicyclic) bond motifs is 9. The number of nitriles is 1. The van der Waals surface area contributed by atoms with Crippen LogP contribution in [0.4, 0.5) is 5.69 Å². The van der Waals surface area contributed by atoms with E-state index in [1.165, 1.54) is 21.8 Å². The molecule has 11 rings (SSSR count). The lowest BCUT2D eigenvalue weighted by Crippen LogP contribution is -2.02. The van der Waals surface area contributed by atoms with E-state index in [1.54, 1.807) is 0 Å². The summed E-state index contributed by atoms with van der Waals surface area (Å²) in [5.74, 6) is 0. The summed E-state index contributed by atoms with van der Waals surface area (Å²) in [6, 6.07) is 63.7. The second-order valence-corrected chi connectivity index (χ2v) is 13.9. The molecule has 0 saturated carbocycles. The molecule has 5 heteroatoms. The number of hydrogen-bond acceptors (Lipinski definition) is 1. The topological polar surface area (TPSA) is 42.9 Å². The number of hydrogen-bond donors (Lipinski definition) is 0. The summed E-state index contributed by atoms with van der Waals surface area (Å²) < 4.78 is 6.93. The summed E-state index contributed by atoms with van der Waals surface area (Å²) in [6.45, 7) is 7.65. The molecule has 0 unspecified atom stereocenters. The lowest BCUT2D eigenvalue weighted by atomic mass is 9.96. The lowest BCUT2D eigenvalue weighted by Gasteiger charge is -2.17. The maximum absolute atomic E-state index is 11.1. The highest BCUT2D eigenvalue weighted by molar-refractivity contribution is 6.17. The van der Waals surface area contributed by atoms with E-state index in [1.807, 2.05) is 42.5 Å². The van der Waals surface area contributed by atoms with Crippen LogP contribution in [0.1, 0.15) is 5.56 Å². The van der Waals surface area contributed by atoms with Gasteiger partial charge in [-0.2, -0.15) is 5.26 Å². The highest BCUT2D eigenvalue weighted by atomic mass is 15.0. The van der Waals surface area contributed by atoms with Crippen LogP contribution in [0, 0.1) is 17.9 Å². The van der Waals surface area contributed by atoms with E-state index in [4.69, 9.17) is 6.57 Å². The molecule has 3 heterocycles. The highest BCUT2D eigenvalue weighted by Gasteiger charge is 2.23. The van der Waals surface area contributed by atoms with Crippen LogP contribution >= 0.6 is 0 Å². The second kappa shape index (κ2) is 11.8. The molecule has 0 spiro atoms. The summed E-state index contributed by atoms with van der Waals surface area (Å²) in [6.07, 6.45) is 0. The fourth-order valence-electron chi connectivity index (χ4n) is 8.88. The molecule has 0 aliphatic rings. The van der Waals surface area contributed by atoms with Crippen LogP contribution in [-0.4, -0.2) is 13.7 Å². The van der Waals surface area contributed by atoms with Crippen LogP contribution in [0.2, 0.25) is 0 Å². The van der Waals surface area contributed by atoms with Gasteiger partial charge in [0, 0.05) is 38.1 Å². The Bertz CT molecular complexity index is 3420. The molecule has 0 radical (unpaired) electrons. The van der Waals surface area contributed by atoms with Crippen molar-refractivity contribution in [3.8, 4) is 34.3 Å². The number of rotatable bonds is 4. The predicted octanol–water partition coefficient (Wildman–Crippen LogP) is 13.1. The van der Waals surface area contributed by atoms with Crippen LogP contribution in [0.5, 0.6) is 0 Å². The van der Waals surface area contributed by atoms with Gasteiger partial charge in [0.25, 0.3) is 0 Å². The van der Waals surface area contributed by atoms with Gasteiger partial charge in [0.15, 0.2) is 5.69 Å². The third kappa shape index (κ3) is 4.33. The summed E-state index contributed by atoms with van der Waals surface area (Å²) in [5.41, 5.74) is 12.3. The van der Waals surface area contributed by atoms with E-state index in [-0.39, 0.29) is 0 Å². The minimum absolute atomic E-state index is 0.582. The van der Waals surface area contributed by atoms with Crippen LogP contribution in [-0.2, 0) is 0 Å². The molecule has 0 saturated heterocycles. The first-order chi connectivity index (χ1) is 27.2. The first-order valence-corrected chi connectivity index (χ1v) is 18.3. The van der Waals surface area contributed by atoms with E-state index in [0.29, 0.717) is 11.3 Å². The normalized spacial score (nSPS) is 11.6. The summed E-state index contributed by atoms with van der Waals surface area (Å²) in [7, 11) is 0. The van der Waals surface area contributed by atoms with E-state index in [0.717, 1.165) is 71.8 Å². The Morgan fingerprint density at radius 3 is 1.53 bits per heavy atom. The van der Waals surface area contributed by atoms with Gasteiger partial charge in [-0.25, -0.2) is 4.85 Å². The SMILES string of the molecule is [C-]#[N+]c1ccc2c(c1)c1ccccc1n2-c1cccc(-c2ccccc2-n2c3ccccc3c3c(-n4c5ccccc5c5ccccc54)cccc32)c1C#N. The smallest absolute Gasteiger partial charge is 0.188 e. The van der Waals surface area contributed by atoms with Gasteiger partial charge in [-0.1, -0.05) is 115 Å². The fourth-order valence-corrected chi connectivity index (χ4v) is 8.88. The van der Waals surface area contributed by atoms with Crippen molar-refractivity contribution >= 4 is 71.1 Å². The van der Waals surface area contributed by atoms with Crippen molar-refractivity contribution in [2.75, 3.05) is 0 Å². The molecule has 0 fully saturated rings. The minimum atomic E-state index is 0.582. The molecule has 0 aliphatic heterocycles. The molecular formula is C50H29N5. The Morgan fingerprint density at radius 1 is 0.400 bits per heavy atom. The van der Waals surface area contributed by atoms with Gasteiger partial charge in [0.05, 0.1) is 62.3 Å². The first kappa shape index (κ1) is 30.7. The zero-order chi connectivity index (χ0) is 36.6. The van der Waals surface area contributed by atoms with Gasteiger partial charge in [0.1, 0.15) is 6.07 Å². The number of nitrogens with zero attached hydrogens (tertiary/aromatic N) is 5. The molecule has 3 aromatic heterocycles. The Balaban J connectivity index is 1.19. The molecule has 254 valence electrons. The van der Waals surface area contributed by atoms with Crippen LogP contribution in [0.3, 0.4) is 0 Å². The Hall–Kier alpha value is -7.86. The number of aromatic nitrogens is 3. The maximum Gasteiger partial charge on any atom is 0.188 e. The second-order valence-electron chi connectivity index (χ2n) is 13.9. The van der Waals surface area contributed by atoms with Crippen molar-refractivity contribution in [1.29, 1.82) is 5.26 Å². The molecule has 0 atom stereocenters. The molecule has 11 aromatic rings. The average Bonchev–Trinajstić information content (AvgIpc) is 3.89. The molecular weight excluding hydrogens is 671 g/mol. The Morgan fingerprint density at radius 2 is 0.855 bits per heavy atom. The minimum Gasteiger partial charge on any atom is -0.309 e. The fraction of sp³-hybridized carbons (Fsp3) is 0. The number of benzene rings is 8. The zero-order valence-corrected chi connectivity index (χ0v) is 29.5. The van der Waals surface area contributed by atoms with E-state index in [2.05, 4.69) is 158 Å². The van der Waals surface area contributed by atoms with Crippen molar-refractivity contribution in [2.24, 2.45) is 0 Å². The van der Waals surface area contributed by atoms with Crippen molar-refractivity contribution in [2.45, 2.75) is 0 Å². The van der Waals surface area contributed by atoms with Gasteiger partial charge in [-0.3, -0.25) is 0 Å². The standard InChI is InChI=1S/C50H29N5/c1-52-32-28-29-47-39(30-32)37-17-5-10-23-44(37)53(47)46-25-12-19-33(40(46)31-51)34-14-2-7-20-41(34)55-45-24-11-6-18-38(45)50-48(26-13-27-49(50)55)54-42-21-8-3-15-35(42)36-16-4-9-22-43(36)54/h2-30H. The predicted molar refractivity (Wildman–Crippen MR) is 226 cm³/mol. The Labute approximate surface area is 316 Å². The van der Waals surface area contributed by atoms with Gasteiger partial charge >= 0.3 is 0 Å². The van der Waals surface area contributed by atoms with Crippen molar-refractivity contribution in [1.82, 2.24) is 13.7 Å². The summed E-state index contributed by atoms with van der Waals surface area (Å²) in [4.78, 5) is 3.71. The highest BCUT2D eigenvalue weighted by Crippen LogP contribution is 2.43. The third-order valence-corrected chi connectivity index (χ3v) is 11.1. The maximum atomic E-state index is 11.1.